The van der Waals surface area contributed by atoms with Gasteiger partial charge < -0.3 is 19.2 Å². The number of furan rings is 1. The molecule has 2 aliphatic carbocycles. The van der Waals surface area contributed by atoms with Gasteiger partial charge in [-0.1, -0.05) is 32.1 Å². The van der Waals surface area contributed by atoms with E-state index >= 15 is 0 Å². The summed E-state index contributed by atoms with van der Waals surface area (Å²) in [6.07, 6.45) is 11.5. The molecule has 28 heavy (non-hydrogen) atoms. The zero-order valence-electron chi connectivity index (χ0n) is 16.6. The van der Waals surface area contributed by atoms with E-state index in [0.717, 1.165) is 44.0 Å². The molecule has 0 bridgehead atoms. The molecule has 2 aromatic rings. The Balaban J connectivity index is 1.53. The van der Waals surface area contributed by atoms with Gasteiger partial charge in [-0.2, -0.15) is 0 Å². The van der Waals surface area contributed by atoms with Gasteiger partial charge in [0.05, 0.1) is 18.3 Å². The molecule has 0 aromatic carbocycles. The van der Waals surface area contributed by atoms with Gasteiger partial charge >= 0.3 is 0 Å². The molecule has 2 amide bonds. The van der Waals surface area contributed by atoms with E-state index in [2.05, 4.69) is 5.32 Å². The summed E-state index contributed by atoms with van der Waals surface area (Å²) in [7, 11) is 0. The smallest absolute Gasteiger partial charge is 0.271 e. The SMILES string of the molecule is CC1(C(=O)NC2CCCCC2)Cn2c(cc3occc32)C(=O)N1C1CCCC1. The quantitative estimate of drug-likeness (QED) is 0.876. The molecule has 1 aliphatic heterocycles. The van der Waals surface area contributed by atoms with Crippen molar-refractivity contribution in [2.24, 2.45) is 0 Å². The number of nitrogens with one attached hydrogen (secondary N) is 1. The highest BCUT2D eigenvalue weighted by molar-refractivity contribution is 6.03. The third kappa shape index (κ3) is 2.68. The number of carbonyl (C=O) groups excluding carboxylic acids is 2. The maximum Gasteiger partial charge on any atom is 0.271 e. The second-order valence-corrected chi connectivity index (χ2v) is 8.98. The second-order valence-electron chi connectivity index (χ2n) is 8.98. The topological polar surface area (TPSA) is 67.5 Å². The van der Waals surface area contributed by atoms with Crippen molar-refractivity contribution in [2.45, 2.75) is 88.9 Å². The van der Waals surface area contributed by atoms with Crippen molar-refractivity contribution in [2.75, 3.05) is 0 Å². The van der Waals surface area contributed by atoms with Crippen molar-refractivity contribution in [3.05, 3.63) is 24.1 Å². The van der Waals surface area contributed by atoms with Gasteiger partial charge in [0.25, 0.3) is 5.91 Å². The molecule has 3 aliphatic rings. The van der Waals surface area contributed by atoms with Crippen molar-refractivity contribution in [1.29, 1.82) is 0 Å². The van der Waals surface area contributed by atoms with Crippen molar-refractivity contribution < 1.29 is 14.0 Å². The van der Waals surface area contributed by atoms with Crippen LogP contribution in [0, 0.1) is 0 Å². The van der Waals surface area contributed by atoms with Crippen LogP contribution in [-0.2, 0) is 11.3 Å². The molecule has 1 N–H and O–H groups in total. The summed E-state index contributed by atoms with van der Waals surface area (Å²) < 4.78 is 7.52. The number of carbonyl (C=O) groups is 2. The lowest BCUT2D eigenvalue weighted by Gasteiger charge is -2.47. The molecule has 1 atom stereocenters. The summed E-state index contributed by atoms with van der Waals surface area (Å²) in [4.78, 5) is 29.0. The Morgan fingerprint density at radius 1 is 1.14 bits per heavy atom. The van der Waals surface area contributed by atoms with E-state index in [1.165, 1.54) is 19.3 Å². The van der Waals surface area contributed by atoms with Crippen molar-refractivity contribution in [3.63, 3.8) is 0 Å². The van der Waals surface area contributed by atoms with Crippen molar-refractivity contribution in [1.82, 2.24) is 14.8 Å². The molecular formula is C22H29N3O3. The van der Waals surface area contributed by atoms with Crippen molar-refractivity contribution in [3.8, 4) is 0 Å². The predicted octanol–water partition coefficient (Wildman–Crippen LogP) is 3.84. The lowest BCUT2D eigenvalue weighted by Crippen LogP contribution is -2.67. The molecule has 2 fully saturated rings. The first-order valence-electron chi connectivity index (χ1n) is 10.8. The molecule has 0 saturated heterocycles. The molecule has 6 nitrogen and oxygen atoms in total. The van der Waals surface area contributed by atoms with Gasteiger partial charge in [-0.25, -0.2) is 0 Å². The van der Waals surface area contributed by atoms with Gasteiger partial charge in [0.1, 0.15) is 11.2 Å². The standard InChI is InChI=1S/C22H29N3O3/c1-22(21(27)23-15-7-3-2-4-8-15)14-24-17-11-12-28-19(17)13-18(24)20(26)25(22)16-9-5-6-10-16/h11-13,15-16H,2-10,14H2,1H3,(H,23,27). The predicted molar refractivity (Wildman–Crippen MR) is 106 cm³/mol. The van der Waals surface area contributed by atoms with Gasteiger partial charge in [0.2, 0.25) is 5.91 Å². The minimum Gasteiger partial charge on any atom is -0.463 e. The summed E-state index contributed by atoms with van der Waals surface area (Å²) >= 11 is 0. The number of aromatic nitrogens is 1. The third-order valence-electron chi connectivity index (χ3n) is 7.08. The summed E-state index contributed by atoms with van der Waals surface area (Å²) in [5.74, 6) is -0.0403. The van der Waals surface area contributed by atoms with E-state index < -0.39 is 5.54 Å². The van der Waals surface area contributed by atoms with Gasteiger partial charge in [-0.15, -0.1) is 0 Å². The molecule has 6 heteroatoms. The maximum absolute atomic E-state index is 13.6. The van der Waals surface area contributed by atoms with Crippen LogP contribution in [-0.4, -0.2) is 38.9 Å². The van der Waals surface area contributed by atoms with Crippen LogP contribution < -0.4 is 5.32 Å². The van der Waals surface area contributed by atoms with Crippen LogP contribution in [0.3, 0.4) is 0 Å². The second kappa shape index (κ2) is 6.68. The Morgan fingerprint density at radius 2 is 1.86 bits per heavy atom. The van der Waals surface area contributed by atoms with Crippen LogP contribution in [0.25, 0.3) is 11.1 Å². The Morgan fingerprint density at radius 3 is 2.61 bits per heavy atom. The van der Waals surface area contributed by atoms with Gasteiger partial charge in [-0.05, 0) is 32.6 Å². The Hall–Kier alpha value is -2.24. The Labute approximate surface area is 165 Å². The summed E-state index contributed by atoms with van der Waals surface area (Å²) in [6, 6.07) is 4.10. The van der Waals surface area contributed by atoms with E-state index in [4.69, 9.17) is 4.42 Å². The number of amides is 2. The van der Waals surface area contributed by atoms with Gasteiger partial charge in [0.15, 0.2) is 5.58 Å². The molecule has 2 saturated carbocycles. The average Bonchev–Trinajstić information content (AvgIpc) is 3.41. The first kappa shape index (κ1) is 17.8. The first-order valence-corrected chi connectivity index (χ1v) is 10.8. The van der Waals surface area contributed by atoms with Crippen LogP contribution in [0.4, 0.5) is 0 Å². The minimum atomic E-state index is -0.875. The van der Waals surface area contributed by atoms with E-state index in [-0.39, 0.29) is 23.9 Å². The summed E-state index contributed by atoms with van der Waals surface area (Å²) in [6.45, 7) is 2.43. The number of fused-ring (bicyclic) bond motifs is 3. The zero-order chi connectivity index (χ0) is 19.3. The highest BCUT2D eigenvalue weighted by atomic mass is 16.3. The van der Waals surface area contributed by atoms with Crippen molar-refractivity contribution >= 4 is 22.9 Å². The summed E-state index contributed by atoms with van der Waals surface area (Å²) in [5.41, 5.74) is 1.38. The van der Waals surface area contributed by atoms with E-state index in [1.54, 1.807) is 6.26 Å². The Kier molecular flexibility index (Phi) is 4.25. The lowest BCUT2D eigenvalue weighted by atomic mass is 9.90. The fourth-order valence-electron chi connectivity index (χ4n) is 5.56. The highest BCUT2D eigenvalue weighted by Crippen LogP contribution is 2.38. The first-order chi connectivity index (χ1) is 13.6. The normalized spacial score (nSPS) is 26.8. The average molecular weight is 383 g/mol. The highest BCUT2D eigenvalue weighted by Gasteiger charge is 2.51. The third-order valence-corrected chi connectivity index (χ3v) is 7.08. The molecular weight excluding hydrogens is 354 g/mol. The number of hydrogen-bond acceptors (Lipinski definition) is 3. The number of hydrogen-bond donors (Lipinski definition) is 1. The van der Waals surface area contributed by atoms with E-state index in [9.17, 15) is 9.59 Å². The van der Waals surface area contributed by atoms with Crippen LogP contribution in [0.2, 0.25) is 0 Å². The lowest BCUT2D eigenvalue weighted by molar-refractivity contribution is -0.135. The fourth-order valence-corrected chi connectivity index (χ4v) is 5.56. The fraction of sp³-hybridized carbons (Fsp3) is 0.636. The number of rotatable bonds is 3. The van der Waals surface area contributed by atoms with Gasteiger partial charge in [0, 0.05) is 24.2 Å². The number of nitrogens with zero attached hydrogens (tertiary/aromatic N) is 2. The molecule has 1 unspecified atom stereocenters. The minimum absolute atomic E-state index is 0.00403. The van der Waals surface area contributed by atoms with E-state index in [1.807, 2.05) is 28.5 Å². The molecule has 0 spiro atoms. The maximum atomic E-state index is 13.6. The van der Waals surface area contributed by atoms with E-state index in [0.29, 0.717) is 17.8 Å². The van der Waals surface area contributed by atoms with Crippen LogP contribution in [0.15, 0.2) is 22.8 Å². The van der Waals surface area contributed by atoms with Crippen LogP contribution in [0.1, 0.15) is 75.2 Å². The van der Waals surface area contributed by atoms with Crippen LogP contribution in [0.5, 0.6) is 0 Å². The molecule has 2 aromatic heterocycles. The molecule has 5 rings (SSSR count). The largest absolute Gasteiger partial charge is 0.463 e. The molecule has 150 valence electrons. The molecule has 0 radical (unpaired) electrons. The van der Waals surface area contributed by atoms with Crippen LogP contribution >= 0.6 is 0 Å². The Bertz CT molecular complexity index is 901. The zero-order valence-corrected chi connectivity index (χ0v) is 16.6. The van der Waals surface area contributed by atoms with Gasteiger partial charge in [-0.3, -0.25) is 9.59 Å². The molecule has 3 heterocycles. The summed E-state index contributed by atoms with van der Waals surface area (Å²) in [5, 5.41) is 3.30. The monoisotopic (exact) mass is 383 g/mol.